The number of hydrogen-bond donors (Lipinski definition) is 1. The normalized spacial score (nSPS) is 21.0. The Labute approximate surface area is 135 Å². The van der Waals surface area contributed by atoms with E-state index in [2.05, 4.69) is 15.9 Å². The number of carbonyl (C=O) groups is 2. The zero-order chi connectivity index (χ0) is 15.7. The smallest absolute Gasteiger partial charge is 0.308 e. The molecule has 0 aliphatic carbocycles. The molecule has 0 bridgehead atoms. The zero-order valence-corrected chi connectivity index (χ0v) is 13.2. The van der Waals surface area contributed by atoms with E-state index in [-0.39, 0.29) is 18.4 Å². The van der Waals surface area contributed by atoms with Crippen molar-refractivity contribution in [2.24, 2.45) is 5.92 Å². The molecule has 0 unspecified atom stereocenters. The maximum atomic E-state index is 12.5. The fraction of sp³-hybridized carbons (Fsp3) is 0.250. The predicted molar refractivity (Wildman–Crippen MR) is 82.6 cm³/mol. The van der Waals surface area contributed by atoms with Crippen molar-refractivity contribution in [1.29, 1.82) is 0 Å². The Kier molecular flexibility index (Phi) is 4.02. The summed E-state index contributed by atoms with van der Waals surface area (Å²) < 4.78 is 5.56. The number of likely N-dealkylation sites (tertiary alicyclic amines) is 1. The Morgan fingerprint density at radius 2 is 1.95 bits per heavy atom. The van der Waals surface area contributed by atoms with Crippen LogP contribution in [0.15, 0.2) is 51.7 Å². The highest BCUT2D eigenvalue weighted by molar-refractivity contribution is 9.10. The SMILES string of the molecule is O=C(O)[C@@H]1CN(C(=O)c2coc(Br)c2)C[C@@H]1c1ccccc1. The van der Waals surface area contributed by atoms with E-state index in [1.54, 1.807) is 11.0 Å². The summed E-state index contributed by atoms with van der Waals surface area (Å²) in [5.41, 5.74) is 1.36. The second-order valence-electron chi connectivity index (χ2n) is 5.31. The number of rotatable bonds is 3. The summed E-state index contributed by atoms with van der Waals surface area (Å²) in [5, 5.41) is 9.46. The van der Waals surface area contributed by atoms with Crippen molar-refractivity contribution < 1.29 is 19.1 Å². The van der Waals surface area contributed by atoms with Gasteiger partial charge in [-0.1, -0.05) is 30.3 Å². The molecule has 1 aliphatic rings. The molecule has 1 aromatic heterocycles. The fourth-order valence-electron chi connectivity index (χ4n) is 2.86. The number of amides is 1. The van der Waals surface area contributed by atoms with Crippen LogP contribution in [0.3, 0.4) is 0 Å². The van der Waals surface area contributed by atoms with Gasteiger partial charge in [-0.15, -0.1) is 0 Å². The molecular weight excluding hydrogens is 350 g/mol. The molecule has 1 aliphatic heterocycles. The van der Waals surface area contributed by atoms with Crippen molar-refractivity contribution in [2.75, 3.05) is 13.1 Å². The van der Waals surface area contributed by atoms with E-state index < -0.39 is 11.9 Å². The first kappa shape index (κ1) is 14.8. The second-order valence-corrected chi connectivity index (χ2v) is 6.09. The molecule has 1 amide bonds. The van der Waals surface area contributed by atoms with Crippen LogP contribution >= 0.6 is 15.9 Å². The topological polar surface area (TPSA) is 70.8 Å². The highest BCUT2D eigenvalue weighted by atomic mass is 79.9. The average Bonchev–Trinajstić information content (AvgIpc) is 3.14. The molecule has 6 heteroatoms. The number of halogens is 1. The lowest BCUT2D eigenvalue weighted by molar-refractivity contribution is -0.141. The largest absolute Gasteiger partial charge is 0.481 e. The molecule has 22 heavy (non-hydrogen) atoms. The quantitative estimate of drug-likeness (QED) is 0.909. The average molecular weight is 364 g/mol. The van der Waals surface area contributed by atoms with Gasteiger partial charge in [-0.3, -0.25) is 9.59 Å². The molecule has 2 aromatic rings. The van der Waals surface area contributed by atoms with Crippen LogP contribution in [0, 0.1) is 5.92 Å². The molecular formula is C16H14BrNO4. The van der Waals surface area contributed by atoms with Crippen LogP contribution in [0.2, 0.25) is 0 Å². The number of aliphatic carboxylic acids is 1. The molecule has 2 atom stereocenters. The lowest BCUT2D eigenvalue weighted by Crippen LogP contribution is -2.29. The third-order valence-corrected chi connectivity index (χ3v) is 4.38. The van der Waals surface area contributed by atoms with Gasteiger partial charge >= 0.3 is 5.97 Å². The molecule has 0 spiro atoms. The van der Waals surface area contributed by atoms with Gasteiger partial charge in [-0.05, 0) is 21.5 Å². The van der Waals surface area contributed by atoms with Crippen LogP contribution in [-0.2, 0) is 4.79 Å². The van der Waals surface area contributed by atoms with Crippen LogP contribution in [0.25, 0.3) is 0 Å². The molecule has 0 radical (unpaired) electrons. The van der Waals surface area contributed by atoms with Gasteiger partial charge in [0.05, 0.1) is 11.5 Å². The first-order valence-corrected chi connectivity index (χ1v) is 7.66. The minimum Gasteiger partial charge on any atom is -0.481 e. The molecule has 1 saturated heterocycles. The minimum absolute atomic E-state index is 0.196. The monoisotopic (exact) mass is 363 g/mol. The number of carboxylic acid groups (broad SMARTS) is 1. The number of benzene rings is 1. The van der Waals surface area contributed by atoms with E-state index in [0.717, 1.165) is 5.56 Å². The van der Waals surface area contributed by atoms with E-state index >= 15 is 0 Å². The van der Waals surface area contributed by atoms with Gasteiger partial charge < -0.3 is 14.4 Å². The van der Waals surface area contributed by atoms with Crippen LogP contribution in [0.4, 0.5) is 0 Å². The highest BCUT2D eigenvalue weighted by Crippen LogP contribution is 2.33. The van der Waals surface area contributed by atoms with Crippen LogP contribution in [-0.4, -0.2) is 35.0 Å². The van der Waals surface area contributed by atoms with Crippen molar-refractivity contribution >= 4 is 27.8 Å². The van der Waals surface area contributed by atoms with Crippen molar-refractivity contribution in [2.45, 2.75) is 5.92 Å². The first-order chi connectivity index (χ1) is 10.6. The summed E-state index contributed by atoms with van der Waals surface area (Å²) in [5.74, 6) is -1.88. The molecule has 114 valence electrons. The lowest BCUT2D eigenvalue weighted by Gasteiger charge is -2.15. The number of furan rings is 1. The van der Waals surface area contributed by atoms with Gasteiger partial charge in [0, 0.05) is 25.1 Å². The van der Waals surface area contributed by atoms with Crippen molar-refractivity contribution in [1.82, 2.24) is 4.90 Å². The minimum atomic E-state index is -0.877. The van der Waals surface area contributed by atoms with Crippen LogP contribution in [0.5, 0.6) is 0 Å². The Hall–Kier alpha value is -2.08. The number of hydrogen-bond acceptors (Lipinski definition) is 3. The van der Waals surface area contributed by atoms with Gasteiger partial charge in [0.2, 0.25) is 0 Å². The summed E-state index contributed by atoms with van der Waals surface area (Å²) >= 11 is 3.16. The number of carboxylic acids is 1. The molecule has 0 saturated carbocycles. The van der Waals surface area contributed by atoms with E-state index in [0.29, 0.717) is 16.8 Å². The van der Waals surface area contributed by atoms with Gasteiger partial charge in [-0.25, -0.2) is 0 Å². The van der Waals surface area contributed by atoms with E-state index in [4.69, 9.17) is 4.42 Å². The standard InChI is InChI=1S/C16H14BrNO4/c17-14-6-11(9-22-14)15(19)18-7-12(13(8-18)16(20)21)10-4-2-1-3-5-10/h1-6,9,12-13H,7-8H2,(H,20,21)/t12-,13-/m1/s1. The third kappa shape index (κ3) is 2.78. The van der Waals surface area contributed by atoms with Gasteiger partial charge in [0.15, 0.2) is 4.67 Å². The Bertz CT molecular complexity index is 697. The highest BCUT2D eigenvalue weighted by Gasteiger charge is 2.40. The summed E-state index contributed by atoms with van der Waals surface area (Å²) in [6, 6.07) is 11.1. The first-order valence-electron chi connectivity index (χ1n) is 6.87. The zero-order valence-electron chi connectivity index (χ0n) is 11.6. The van der Waals surface area contributed by atoms with Crippen molar-refractivity contribution in [3.63, 3.8) is 0 Å². The Balaban J connectivity index is 1.84. The molecule has 1 fully saturated rings. The Morgan fingerprint density at radius 3 is 2.55 bits per heavy atom. The lowest BCUT2D eigenvalue weighted by atomic mass is 9.89. The van der Waals surface area contributed by atoms with Crippen LogP contribution < -0.4 is 0 Å². The maximum Gasteiger partial charge on any atom is 0.308 e. The summed E-state index contributed by atoms with van der Waals surface area (Å²) in [6.07, 6.45) is 1.37. The van der Waals surface area contributed by atoms with Crippen molar-refractivity contribution in [3.8, 4) is 0 Å². The third-order valence-electron chi connectivity index (χ3n) is 3.97. The summed E-state index contributed by atoms with van der Waals surface area (Å²) in [6.45, 7) is 0.596. The maximum absolute atomic E-state index is 12.5. The number of carbonyl (C=O) groups excluding carboxylic acids is 1. The second kappa shape index (κ2) is 5.96. The molecule has 5 nitrogen and oxygen atoms in total. The Morgan fingerprint density at radius 1 is 1.23 bits per heavy atom. The molecule has 1 N–H and O–H groups in total. The van der Waals surface area contributed by atoms with Gasteiger partial charge in [0.25, 0.3) is 5.91 Å². The van der Waals surface area contributed by atoms with Gasteiger partial charge in [0.1, 0.15) is 6.26 Å². The fourth-order valence-corrected chi connectivity index (χ4v) is 3.20. The predicted octanol–water partition coefficient (Wildman–Crippen LogP) is 2.98. The number of nitrogens with zero attached hydrogens (tertiary/aromatic N) is 1. The van der Waals surface area contributed by atoms with Crippen molar-refractivity contribution in [3.05, 3.63) is 58.5 Å². The summed E-state index contributed by atoms with van der Waals surface area (Å²) in [7, 11) is 0. The molecule has 3 rings (SSSR count). The van der Waals surface area contributed by atoms with Gasteiger partial charge in [-0.2, -0.15) is 0 Å². The van der Waals surface area contributed by atoms with E-state index in [1.165, 1.54) is 6.26 Å². The molecule has 2 heterocycles. The molecule has 1 aromatic carbocycles. The van der Waals surface area contributed by atoms with Crippen LogP contribution in [0.1, 0.15) is 21.8 Å². The summed E-state index contributed by atoms with van der Waals surface area (Å²) in [4.78, 5) is 25.6. The van der Waals surface area contributed by atoms with E-state index in [9.17, 15) is 14.7 Å². The van der Waals surface area contributed by atoms with E-state index in [1.807, 2.05) is 30.3 Å².